The van der Waals surface area contributed by atoms with Crippen LogP contribution in [0.3, 0.4) is 0 Å². The van der Waals surface area contributed by atoms with E-state index in [2.05, 4.69) is 4.98 Å². The molecule has 0 aliphatic carbocycles. The van der Waals surface area contributed by atoms with E-state index in [9.17, 15) is 14.4 Å². The highest BCUT2D eigenvalue weighted by molar-refractivity contribution is 6.18. The predicted molar refractivity (Wildman–Crippen MR) is 109 cm³/mol. The highest BCUT2D eigenvalue weighted by atomic mass is 16.5. The minimum Gasteiger partial charge on any atom is -0.469 e. The number of ketones is 1. The first-order valence-corrected chi connectivity index (χ1v) is 9.10. The minimum absolute atomic E-state index is 0.00755. The second kappa shape index (κ2) is 9.41. The van der Waals surface area contributed by atoms with Crippen LogP contribution in [0.25, 0.3) is 0 Å². The number of carbonyl (C=O) groups is 3. The van der Waals surface area contributed by atoms with Crippen LogP contribution in [0.1, 0.15) is 32.7 Å². The molecule has 0 atom stereocenters. The minimum atomic E-state index is -0.438. The van der Waals surface area contributed by atoms with Crippen LogP contribution in [0.4, 0.5) is 5.82 Å². The molecule has 0 spiro atoms. The first-order chi connectivity index (χ1) is 14.1. The molecule has 0 unspecified atom stereocenters. The van der Waals surface area contributed by atoms with Crippen LogP contribution in [0.2, 0.25) is 0 Å². The van der Waals surface area contributed by atoms with Crippen molar-refractivity contribution in [1.29, 1.82) is 0 Å². The van der Waals surface area contributed by atoms with E-state index < -0.39 is 11.9 Å². The van der Waals surface area contributed by atoms with E-state index in [0.29, 0.717) is 16.9 Å². The number of anilines is 1. The van der Waals surface area contributed by atoms with E-state index in [1.165, 1.54) is 12.0 Å². The van der Waals surface area contributed by atoms with Gasteiger partial charge in [-0.25, -0.2) is 4.98 Å². The molecular weight excluding hydrogens is 368 g/mol. The maximum atomic E-state index is 13.4. The third-order valence-corrected chi connectivity index (χ3v) is 4.38. The highest BCUT2D eigenvalue weighted by Gasteiger charge is 2.24. The van der Waals surface area contributed by atoms with Gasteiger partial charge in [0.25, 0.3) is 5.91 Å². The second-order valence-corrected chi connectivity index (χ2v) is 6.21. The predicted octanol–water partition coefficient (Wildman–Crippen LogP) is 3.52. The van der Waals surface area contributed by atoms with Crippen LogP contribution in [0, 0.1) is 0 Å². The molecule has 3 rings (SSSR count). The molecule has 0 N–H and O–H groups in total. The van der Waals surface area contributed by atoms with Crippen molar-refractivity contribution in [2.45, 2.75) is 6.42 Å². The van der Waals surface area contributed by atoms with Crippen molar-refractivity contribution in [1.82, 2.24) is 4.98 Å². The lowest BCUT2D eigenvalue weighted by Crippen LogP contribution is -2.34. The van der Waals surface area contributed by atoms with Gasteiger partial charge in [-0.15, -0.1) is 0 Å². The number of hydrogen-bond donors (Lipinski definition) is 0. The number of methoxy groups -OCH3 is 1. The largest absolute Gasteiger partial charge is 0.469 e. The number of amides is 1. The molecule has 29 heavy (non-hydrogen) atoms. The van der Waals surface area contributed by atoms with Gasteiger partial charge in [0.1, 0.15) is 5.82 Å². The van der Waals surface area contributed by atoms with Crippen molar-refractivity contribution >= 4 is 23.5 Å². The fourth-order valence-electron chi connectivity index (χ4n) is 2.90. The summed E-state index contributed by atoms with van der Waals surface area (Å²) < 4.78 is 4.69. The standard InChI is InChI=1S/C23H20N2O4/c1-29-21(26)14-16-25(20-13-7-8-15-24-20)23(28)19-12-6-5-11-18(19)22(27)17-9-3-2-4-10-17/h2-13,15H,14,16H2,1H3. The van der Waals surface area contributed by atoms with Crippen LogP contribution in [-0.2, 0) is 9.53 Å². The molecule has 0 aliphatic rings. The molecule has 0 saturated heterocycles. The molecule has 2 aromatic carbocycles. The van der Waals surface area contributed by atoms with Crippen molar-refractivity contribution in [2.24, 2.45) is 0 Å². The molecule has 0 bridgehead atoms. The van der Waals surface area contributed by atoms with Crippen molar-refractivity contribution < 1.29 is 19.1 Å². The normalized spacial score (nSPS) is 10.2. The van der Waals surface area contributed by atoms with Crippen molar-refractivity contribution in [2.75, 3.05) is 18.6 Å². The van der Waals surface area contributed by atoms with E-state index in [4.69, 9.17) is 4.74 Å². The molecule has 1 aromatic heterocycles. The van der Waals surface area contributed by atoms with Gasteiger partial charge in [-0.3, -0.25) is 19.3 Å². The summed E-state index contributed by atoms with van der Waals surface area (Å²) in [5.74, 6) is -0.702. The molecule has 1 amide bonds. The van der Waals surface area contributed by atoms with Crippen molar-refractivity contribution in [3.05, 3.63) is 95.7 Å². The lowest BCUT2D eigenvalue weighted by atomic mass is 9.97. The maximum Gasteiger partial charge on any atom is 0.307 e. The number of benzene rings is 2. The SMILES string of the molecule is COC(=O)CCN(C(=O)c1ccccc1C(=O)c1ccccc1)c1ccccn1. The summed E-state index contributed by atoms with van der Waals surface area (Å²) in [6, 6.07) is 20.6. The van der Waals surface area contributed by atoms with Crippen LogP contribution < -0.4 is 4.90 Å². The van der Waals surface area contributed by atoms with Crippen LogP contribution in [0.5, 0.6) is 0 Å². The average Bonchev–Trinajstić information content (AvgIpc) is 2.79. The van der Waals surface area contributed by atoms with Gasteiger partial charge in [0.2, 0.25) is 0 Å². The number of aromatic nitrogens is 1. The average molecular weight is 388 g/mol. The Labute approximate surface area is 168 Å². The Kier molecular flexibility index (Phi) is 6.47. The second-order valence-electron chi connectivity index (χ2n) is 6.21. The Morgan fingerprint density at radius 3 is 2.17 bits per heavy atom. The summed E-state index contributed by atoms with van der Waals surface area (Å²) in [6.45, 7) is 0.0797. The molecule has 1 heterocycles. The number of ether oxygens (including phenoxy) is 1. The number of rotatable bonds is 7. The summed E-state index contributed by atoms with van der Waals surface area (Å²) in [6.07, 6.45) is 1.57. The van der Waals surface area contributed by atoms with Crippen LogP contribution in [0.15, 0.2) is 79.0 Å². The van der Waals surface area contributed by atoms with E-state index in [1.54, 1.807) is 72.9 Å². The Morgan fingerprint density at radius 1 is 0.862 bits per heavy atom. The summed E-state index contributed by atoms with van der Waals surface area (Å²) >= 11 is 0. The highest BCUT2D eigenvalue weighted by Crippen LogP contribution is 2.20. The molecule has 0 fully saturated rings. The first kappa shape index (κ1) is 19.9. The third kappa shape index (κ3) is 4.73. The molecule has 146 valence electrons. The molecular formula is C23H20N2O4. The quantitative estimate of drug-likeness (QED) is 0.457. The van der Waals surface area contributed by atoms with Gasteiger partial charge in [-0.05, 0) is 18.2 Å². The molecule has 0 aliphatic heterocycles. The molecule has 6 nitrogen and oxygen atoms in total. The van der Waals surface area contributed by atoms with Gasteiger partial charge < -0.3 is 4.74 Å². The molecule has 0 radical (unpaired) electrons. The van der Waals surface area contributed by atoms with Crippen LogP contribution >= 0.6 is 0 Å². The number of hydrogen-bond acceptors (Lipinski definition) is 5. The zero-order chi connectivity index (χ0) is 20.6. The van der Waals surface area contributed by atoms with E-state index in [1.807, 2.05) is 6.07 Å². The van der Waals surface area contributed by atoms with Gasteiger partial charge in [0.05, 0.1) is 19.1 Å². The Morgan fingerprint density at radius 2 is 1.52 bits per heavy atom. The third-order valence-electron chi connectivity index (χ3n) is 4.38. The molecule has 3 aromatic rings. The number of esters is 1. The Hall–Kier alpha value is -3.80. The van der Waals surface area contributed by atoms with Crippen molar-refractivity contribution in [3.63, 3.8) is 0 Å². The smallest absolute Gasteiger partial charge is 0.307 e. The maximum absolute atomic E-state index is 13.4. The van der Waals surface area contributed by atoms with Crippen molar-refractivity contribution in [3.8, 4) is 0 Å². The number of carbonyl (C=O) groups excluding carboxylic acids is 3. The molecule has 6 heteroatoms. The number of pyridine rings is 1. The monoisotopic (exact) mass is 388 g/mol. The molecule has 0 saturated carbocycles. The summed E-state index contributed by atoms with van der Waals surface area (Å²) in [4.78, 5) is 43.6. The van der Waals surface area contributed by atoms with Gasteiger partial charge in [0, 0.05) is 23.9 Å². The zero-order valence-electron chi connectivity index (χ0n) is 15.9. The van der Waals surface area contributed by atoms with Gasteiger partial charge in [0.15, 0.2) is 5.78 Å². The summed E-state index contributed by atoms with van der Waals surface area (Å²) in [5.41, 5.74) is 1.03. The summed E-state index contributed by atoms with van der Waals surface area (Å²) in [5, 5.41) is 0. The Balaban J connectivity index is 1.98. The lowest BCUT2D eigenvalue weighted by molar-refractivity contribution is -0.140. The lowest BCUT2D eigenvalue weighted by Gasteiger charge is -2.22. The van der Waals surface area contributed by atoms with Gasteiger partial charge in [-0.1, -0.05) is 54.6 Å². The van der Waals surface area contributed by atoms with E-state index in [-0.39, 0.29) is 24.3 Å². The zero-order valence-corrected chi connectivity index (χ0v) is 15.9. The van der Waals surface area contributed by atoms with E-state index in [0.717, 1.165) is 0 Å². The fourth-order valence-corrected chi connectivity index (χ4v) is 2.90. The van der Waals surface area contributed by atoms with E-state index >= 15 is 0 Å². The van der Waals surface area contributed by atoms with Crippen LogP contribution in [-0.4, -0.2) is 36.3 Å². The topological polar surface area (TPSA) is 76.6 Å². The first-order valence-electron chi connectivity index (χ1n) is 9.10. The Bertz CT molecular complexity index is 1000. The number of nitrogens with zero attached hydrogens (tertiary/aromatic N) is 2. The van der Waals surface area contributed by atoms with Gasteiger partial charge in [-0.2, -0.15) is 0 Å². The summed E-state index contributed by atoms with van der Waals surface area (Å²) in [7, 11) is 1.29. The van der Waals surface area contributed by atoms with Gasteiger partial charge >= 0.3 is 5.97 Å². The fraction of sp³-hybridized carbons (Fsp3) is 0.130.